The normalized spacial score (nSPS) is 15.3. The molecule has 37 heavy (non-hydrogen) atoms. The van der Waals surface area contributed by atoms with Crippen molar-refractivity contribution in [3.63, 3.8) is 0 Å². The molecule has 0 spiro atoms. The summed E-state index contributed by atoms with van der Waals surface area (Å²) in [5.74, 6) is -4.10. The van der Waals surface area contributed by atoms with Gasteiger partial charge in [0.05, 0.1) is 6.10 Å². The van der Waals surface area contributed by atoms with E-state index in [-0.39, 0.29) is 30.6 Å². The number of carboxylic acids is 1. The molecule has 5 unspecified atom stereocenters. The number of nitrogens with one attached hydrogen (secondary N) is 3. The molecule has 0 aliphatic heterocycles. The number of unbranched alkanes of at least 4 members (excludes halogenated alkanes) is 1. The van der Waals surface area contributed by atoms with E-state index in [4.69, 9.17) is 10.8 Å². The average molecular weight is 548 g/mol. The van der Waals surface area contributed by atoms with Gasteiger partial charge in [-0.3, -0.25) is 24.0 Å². The zero-order valence-electron chi connectivity index (χ0n) is 22.7. The lowest BCUT2D eigenvalue weighted by molar-refractivity contribution is -0.145. The molecular formula is C24H45N5O7S. The fourth-order valence-corrected chi connectivity index (χ4v) is 3.89. The number of amides is 4. The van der Waals surface area contributed by atoms with Crippen LogP contribution in [0.5, 0.6) is 0 Å². The SMILES string of the molecule is CCCCN(C(=O)C(CS)NC(=O)C(N)C(C)O)C(C(=O)NC(CC(C)C)C(=O)NCC(=O)O)C(C)C. The molecule has 4 amide bonds. The number of carbonyl (C=O) groups is 5. The van der Waals surface area contributed by atoms with Crippen LogP contribution in [0.3, 0.4) is 0 Å². The Hall–Kier alpha value is -2.38. The predicted octanol–water partition coefficient (Wildman–Crippen LogP) is -0.506. The highest BCUT2D eigenvalue weighted by Crippen LogP contribution is 2.17. The first kappa shape index (κ1) is 34.6. The van der Waals surface area contributed by atoms with Crippen LogP contribution in [-0.4, -0.2) is 93.8 Å². The summed E-state index contributed by atoms with van der Waals surface area (Å²) in [5.41, 5.74) is 5.69. The van der Waals surface area contributed by atoms with Crippen LogP contribution in [-0.2, 0) is 24.0 Å². The number of aliphatic carboxylic acids is 1. The zero-order valence-corrected chi connectivity index (χ0v) is 23.6. The van der Waals surface area contributed by atoms with Crippen molar-refractivity contribution in [1.29, 1.82) is 0 Å². The Kier molecular flexibility index (Phi) is 16.1. The second-order valence-electron chi connectivity index (χ2n) is 9.89. The topological polar surface area (TPSA) is 191 Å². The van der Waals surface area contributed by atoms with Crippen molar-refractivity contribution in [2.45, 2.75) is 91.1 Å². The number of nitrogens with zero attached hydrogens (tertiary/aromatic N) is 1. The monoisotopic (exact) mass is 547 g/mol. The Morgan fingerprint density at radius 1 is 0.946 bits per heavy atom. The summed E-state index contributed by atoms with van der Waals surface area (Å²) in [5, 5.41) is 26.0. The van der Waals surface area contributed by atoms with Crippen molar-refractivity contribution in [2.24, 2.45) is 17.6 Å². The first-order valence-electron chi connectivity index (χ1n) is 12.6. The number of hydrogen-bond donors (Lipinski definition) is 7. The van der Waals surface area contributed by atoms with Crippen molar-refractivity contribution >= 4 is 42.2 Å². The second kappa shape index (κ2) is 17.2. The molecule has 0 aromatic carbocycles. The summed E-state index contributed by atoms with van der Waals surface area (Å²) in [4.78, 5) is 64.3. The lowest BCUT2D eigenvalue weighted by atomic mass is 9.97. The number of rotatable bonds is 17. The van der Waals surface area contributed by atoms with E-state index in [1.165, 1.54) is 11.8 Å². The molecule has 0 saturated carbocycles. The number of hydrogen-bond acceptors (Lipinski definition) is 8. The van der Waals surface area contributed by atoms with Crippen molar-refractivity contribution in [2.75, 3.05) is 18.8 Å². The molecule has 0 aromatic rings. The molecule has 12 nitrogen and oxygen atoms in total. The van der Waals surface area contributed by atoms with Crippen LogP contribution in [0.25, 0.3) is 0 Å². The van der Waals surface area contributed by atoms with Crippen molar-refractivity contribution < 1.29 is 34.2 Å². The van der Waals surface area contributed by atoms with Crippen molar-refractivity contribution in [3.8, 4) is 0 Å². The molecular weight excluding hydrogens is 502 g/mol. The Labute approximate surface area is 224 Å². The molecule has 0 saturated heterocycles. The fraction of sp³-hybridized carbons (Fsp3) is 0.792. The smallest absolute Gasteiger partial charge is 0.322 e. The Bertz CT molecular complexity index is 779. The van der Waals surface area contributed by atoms with Crippen LogP contribution in [0, 0.1) is 11.8 Å². The molecule has 214 valence electrons. The molecule has 5 atom stereocenters. The third kappa shape index (κ3) is 12.1. The summed E-state index contributed by atoms with van der Waals surface area (Å²) < 4.78 is 0. The highest BCUT2D eigenvalue weighted by molar-refractivity contribution is 7.80. The van der Waals surface area contributed by atoms with E-state index in [0.29, 0.717) is 6.42 Å². The maximum absolute atomic E-state index is 13.6. The van der Waals surface area contributed by atoms with E-state index in [1.54, 1.807) is 13.8 Å². The van der Waals surface area contributed by atoms with Gasteiger partial charge >= 0.3 is 5.97 Å². The summed E-state index contributed by atoms with van der Waals surface area (Å²) in [6.07, 6.45) is 0.440. The van der Waals surface area contributed by atoms with Gasteiger partial charge in [0.2, 0.25) is 23.6 Å². The maximum atomic E-state index is 13.6. The molecule has 0 bridgehead atoms. The molecule has 0 aliphatic rings. The minimum Gasteiger partial charge on any atom is -0.480 e. The maximum Gasteiger partial charge on any atom is 0.322 e. The number of thiol groups is 1. The van der Waals surface area contributed by atoms with E-state index >= 15 is 0 Å². The van der Waals surface area contributed by atoms with Gasteiger partial charge in [-0.1, -0.05) is 41.0 Å². The van der Waals surface area contributed by atoms with E-state index in [1.807, 2.05) is 20.8 Å². The second-order valence-corrected chi connectivity index (χ2v) is 10.3. The van der Waals surface area contributed by atoms with Gasteiger partial charge in [-0.05, 0) is 31.6 Å². The lowest BCUT2D eigenvalue weighted by Crippen LogP contribution is -2.61. The largest absolute Gasteiger partial charge is 0.480 e. The van der Waals surface area contributed by atoms with Gasteiger partial charge in [-0.2, -0.15) is 12.6 Å². The Morgan fingerprint density at radius 2 is 1.51 bits per heavy atom. The third-order valence-corrected chi connectivity index (χ3v) is 6.01. The standard InChI is InChI=1S/C24H45N5O7S/c1-7-8-9-29(24(36)17(12-37)28-22(34)19(25)15(6)30)20(14(4)5)23(35)27-16(10-13(2)3)21(33)26-11-18(31)32/h13-17,19-20,30,37H,7-12,25H2,1-6H3,(H,26,33)(H,27,35)(H,28,34)(H,31,32). The highest BCUT2D eigenvalue weighted by Gasteiger charge is 2.37. The first-order valence-corrected chi connectivity index (χ1v) is 13.3. The number of aliphatic hydroxyl groups is 1. The van der Waals surface area contributed by atoms with Crippen LogP contribution in [0.1, 0.15) is 60.8 Å². The van der Waals surface area contributed by atoms with Gasteiger partial charge in [0.15, 0.2) is 0 Å². The van der Waals surface area contributed by atoms with Crippen molar-refractivity contribution in [1.82, 2.24) is 20.9 Å². The van der Waals surface area contributed by atoms with Gasteiger partial charge in [-0.15, -0.1) is 0 Å². The van der Waals surface area contributed by atoms with Crippen LogP contribution < -0.4 is 21.7 Å². The van der Waals surface area contributed by atoms with E-state index in [9.17, 15) is 29.1 Å². The van der Waals surface area contributed by atoms with Gasteiger partial charge in [0.1, 0.15) is 30.7 Å². The number of nitrogens with two attached hydrogens (primary N) is 1. The van der Waals surface area contributed by atoms with Crippen LogP contribution >= 0.6 is 12.6 Å². The number of carboxylic acid groups (broad SMARTS) is 1. The molecule has 0 fully saturated rings. The van der Waals surface area contributed by atoms with Crippen LogP contribution in [0.2, 0.25) is 0 Å². The van der Waals surface area contributed by atoms with Gasteiger partial charge in [-0.25, -0.2) is 0 Å². The predicted molar refractivity (Wildman–Crippen MR) is 143 cm³/mol. The Balaban J connectivity index is 6.03. The summed E-state index contributed by atoms with van der Waals surface area (Å²) in [7, 11) is 0. The zero-order chi connectivity index (χ0) is 28.9. The molecule has 0 aliphatic carbocycles. The van der Waals surface area contributed by atoms with Crippen LogP contribution in [0.4, 0.5) is 0 Å². The summed E-state index contributed by atoms with van der Waals surface area (Å²) in [6, 6.07) is -4.33. The van der Waals surface area contributed by atoms with E-state index < -0.39 is 66.4 Å². The third-order valence-electron chi connectivity index (χ3n) is 5.65. The minimum atomic E-state index is -1.25. The molecule has 0 heterocycles. The average Bonchev–Trinajstić information content (AvgIpc) is 2.80. The van der Waals surface area contributed by atoms with Crippen LogP contribution in [0.15, 0.2) is 0 Å². The highest BCUT2D eigenvalue weighted by atomic mass is 32.1. The van der Waals surface area contributed by atoms with E-state index in [2.05, 4.69) is 28.6 Å². The molecule has 13 heteroatoms. The fourth-order valence-electron chi connectivity index (χ4n) is 3.64. The molecule has 0 rings (SSSR count). The summed E-state index contributed by atoms with van der Waals surface area (Å²) >= 11 is 4.20. The summed E-state index contributed by atoms with van der Waals surface area (Å²) in [6.45, 7) is 10.2. The minimum absolute atomic E-state index is 0.0121. The Morgan fingerprint density at radius 3 is 1.95 bits per heavy atom. The lowest BCUT2D eigenvalue weighted by Gasteiger charge is -2.36. The van der Waals surface area contributed by atoms with Crippen molar-refractivity contribution in [3.05, 3.63) is 0 Å². The number of aliphatic hydroxyl groups excluding tert-OH is 1. The molecule has 0 aromatic heterocycles. The molecule has 0 radical (unpaired) electrons. The molecule has 7 N–H and O–H groups in total. The van der Waals surface area contributed by atoms with Gasteiger partial charge in [0.25, 0.3) is 0 Å². The van der Waals surface area contributed by atoms with Gasteiger partial charge in [0, 0.05) is 12.3 Å². The number of carbonyl (C=O) groups excluding carboxylic acids is 4. The van der Waals surface area contributed by atoms with E-state index in [0.717, 1.165) is 6.42 Å². The first-order chi connectivity index (χ1) is 17.2. The van der Waals surface area contributed by atoms with Gasteiger partial charge < -0.3 is 36.8 Å². The quantitative estimate of drug-likeness (QED) is 0.118.